The molecular formula is C2Cl5S. The summed E-state index contributed by atoms with van der Waals surface area (Å²) in [5.41, 5.74) is 0. The van der Waals surface area contributed by atoms with Crippen LogP contribution < -0.4 is 0 Å². The van der Waals surface area contributed by atoms with Crippen LogP contribution in [0.1, 0.15) is 0 Å². The van der Waals surface area contributed by atoms with Gasteiger partial charge in [0.2, 0.25) is 7.46 Å². The van der Waals surface area contributed by atoms with Gasteiger partial charge in [0.05, 0.1) is 0 Å². The molecule has 0 rings (SSSR count). The maximum Gasteiger partial charge on any atom is 0.233 e. The van der Waals surface area contributed by atoms with Crippen molar-refractivity contribution in [3.05, 3.63) is 0 Å². The van der Waals surface area contributed by atoms with Crippen LogP contribution in [0, 0.1) is 0 Å². The molecule has 0 atom stereocenters. The van der Waals surface area contributed by atoms with Crippen LogP contribution in [-0.2, 0) is 0 Å². The summed E-state index contributed by atoms with van der Waals surface area (Å²) in [5.74, 6) is 0. The Morgan fingerprint density at radius 2 is 1.00 bits per heavy atom. The zero-order chi connectivity index (χ0) is 7.00. The molecule has 0 aliphatic carbocycles. The molecule has 0 unspecified atom stereocenters. The lowest BCUT2D eigenvalue weighted by Crippen LogP contribution is -2.23. The van der Waals surface area contributed by atoms with Crippen molar-refractivity contribution >= 4 is 70.6 Å². The summed E-state index contributed by atoms with van der Waals surface area (Å²) < 4.78 is -3.54. The highest BCUT2D eigenvalue weighted by molar-refractivity contribution is 7.85. The van der Waals surface area contributed by atoms with Crippen molar-refractivity contribution in [2.24, 2.45) is 0 Å². The van der Waals surface area contributed by atoms with Gasteiger partial charge in [0.1, 0.15) is 0 Å². The minimum atomic E-state index is -1.80. The van der Waals surface area contributed by atoms with Gasteiger partial charge in [0, 0.05) is 0 Å². The molecule has 0 aliphatic rings. The molecule has 0 aromatic heterocycles. The molecule has 0 fully saturated rings. The Labute approximate surface area is 77.8 Å². The zero-order valence-electron chi connectivity index (χ0n) is 3.30. The molecule has 0 saturated carbocycles. The van der Waals surface area contributed by atoms with Crippen LogP contribution in [0.25, 0.3) is 0 Å². The van der Waals surface area contributed by atoms with Crippen molar-refractivity contribution in [3.63, 3.8) is 0 Å². The molecule has 0 spiro atoms. The van der Waals surface area contributed by atoms with E-state index in [9.17, 15) is 0 Å². The first-order chi connectivity index (χ1) is 3.25. The molecule has 8 heavy (non-hydrogen) atoms. The van der Waals surface area contributed by atoms with Crippen LogP contribution in [0.15, 0.2) is 0 Å². The first-order valence-electron chi connectivity index (χ1n) is 1.40. The van der Waals surface area contributed by atoms with Crippen LogP contribution >= 0.6 is 70.6 Å². The van der Waals surface area contributed by atoms with Crippen molar-refractivity contribution in [1.29, 1.82) is 0 Å². The van der Waals surface area contributed by atoms with Gasteiger partial charge in [-0.2, -0.15) is 0 Å². The minimum absolute atomic E-state index is 1.74. The number of halogens is 5. The lowest BCUT2D eigenvalue weighted by atomic mass is 10.9. The molecule has 6 heteroatoms. The Morgan fingerprint density at radius 3 is 1.00 bits per heavy atom. The third-order valence-electron chi connectivity index (χ3n) is 0.330. The van der Waals surface area contributed by atoms with E-state index in [2.05, 4.69) is 12.6 Å². The lowest BCUT2D eigenvalue weighted by molar-refractivity contribution is 1.13. The van der Waals surface area contributed by atoms with E-state index in [1.165, 1.54) is 0 Å². The van der Waals surface area contributed by atoms with Crippen molar-refractivity contribution in [2.45, 2.75) is 7.46 Å². The van der Waals surface area contributed by atoms with Gasteiger partial charge < -0.3 is 0 Å². The largest absolute Gasteiger partial charge is 0.233 e. The second-order valence-electron chi connectivity index (χ2n) is 1.01. The average Bonchev–Trinajstić information content (AvgIpc) is 1.25. The summed E-state index contributed by atoms with van der Waals surface area (Å²) in [5, 5.41) is 0. The van der Waals surface area contributed by atoms with Crippen molar-refractivity contribution in [3.8, 4) is 0 Å². The topological polar surface area (TPSA) is 0 Å². The molecule has 1 radical (unpaired) electrons. The molecule has 0 aromatic carbocycles. The molecule has 0 heterocycles. The van der Waals surface area contributed by atoms with E-state index in [-0.39, 0.29) is 0 Å². The third kappa shape index (κ3) is 3.09. The average molecular weight is 233 g/mol. The van der Waals surface area contributed by atoms with Crippen molar-refractivity contribution in [2.75, 3.05) is 0 Å². The Morgan fingerprint density at radius 1 is 0.875 bits per heavy atom. The van der Waals surface area contributed by atoms with E-state index in [0.29, 0.717) is 0 Å². The predicted molar refractivity (Wildman–Crippen MR) is 42.3 cm³/mol. The fourth-order valence-electron chi connectivity index (χ4n) is 0. The highest BCUT2D eigenvalue weighted by atomic mass is 35.6. The van der Waals surface area contributed by atoms with E-state index < -0.39 is 7.46 Å². The van der Waals surface area contributed by atoms with E-state index in [1.807, 2.05) is 0 Å². The van der Waals surface area contributed by atoms with Crippen LogP contribution in [0.3, 0.4) is 0 Å². The molecular weight excluding hydrogens is 233 g/mol. The first kappa shape index (κ1) is 9.80. The lowest BCUT2D eigenvalue weighted by Gasteiger charge is -2.19. The number of rotatable bonds is 0. The normalized spacial score (nSPS) is 14.2. The maximum atomic E-state index is 5.19. The van der Waals surface area contributed by atoms with Gasteiger partial charge in [-0.3, -0.25) is 0 Å². The van der Waals surface area contributed by atoms with Crippen molar-refractivity contribution < 1.29 is 0 Å². The van der Waals surface area contributed by atoms with Crippen LogP contribution in [-0.4, -0.2) is 7.46 Å². The molecule has 0 bridgehead atoms. The van der Waals surface area contributed by atoms with Gasteiger partial charge in [-0.15, -0.1) is 0 Å². The maximum absolute atomic E-state index is 5.19. The molecule has 49 valence electrons. The SMILES string of the molecule is [S]C(Cl)(Cl)C(Cl)(Cl)Cl. The fourth-order valence-corrected chi connectivity index (χ4v) is 0. The minimum Gasteiger partial charge on any atom is -0.0836 e. The number of hydrogen-bond acceptors (Lipinski definition) is 0. The summed E-state index contributed by atoms with van der Waals surface area (Å²) >= 11 is 30.3. The second kappa shape index (κ2) is 2.81. The predicted octanol–water partition coefficient (Wildman–Crippen LogP) is 3.69. The van der Waals surface area contributed by atoms with Crippen LogP contribution in [0.4, 0.5) is 0 Å². The molecule has 0 N–H and O–H groups in total. The summed E-state index contributed by atoms with van der Waals surface area (Å²) in [4.78, 5) is 0. The highest BCUT2D eigenvalue weighted by Gasteiger charge is 2.43. The Kier molecular flexibility index (Phi) is 3.44. The fraction of sp³-hybridized carbons (Fsp3) is 1.00. The van der Waals surface area contributed by atoms with Crippen LogP contribution in [0.2, 0.25) is 0 Å². The Hall–Kier alpha value is 1.80. The second-order valence-corrected chi connectivity index (χ2v) is 5.68. The van der Waals surface area contributed by atoms with E-state index >= 15 is 0 Å². The van der Waals surface area contributed by atoms with Crippen molar-refractivity contribution in [1.82, 2.24) is 0 Å². The van der Waals surface area contributed by atoms with Gasteiger partial charge in [0.25, 0.3) is 0 Å². The first-order valence-corrected chi connectivity index (χ1v) is 3.70. The monoisotopic (exact) mass is 231 g/mol. The van der Waals surface area contributed by atoms with E-state index in [1.54, 1.807) is 0 Å². The number of alkyl halides is 5. The molecule has 0 saturated heterocycles. The quantitative estimate of drug-likeness (QED) is 0.560. The van der Waals surface area contributed by atoms with E-state index in [4.69, 9.17) is 58.0 Å². The zero-order valence-corrected chi connectivity index (χ0v) is 7.89. The molecule has 0 aliphatic heterocycles. The summed E-state index contributed by atoms with van der Waals surface area (Å²) in [6, 6.07) is 0. The molecule has 0 aromatic rings. The summed E-state index contributed by atoms with van der Waals surface area (Å²) in [6.45, 7) is 0. The third-order valence-corrected chi connectivity index (χ3v) is 2.97. The summed E-state index contributed by atoms with van der Waals surface area (Å²) in [7, 11) is 0. The van der Waals surface area contributed by atoms with Gasteiger partial charge in [-0.1, -0.05) is 58.0 Å². The standard InChI is InChI=1S/C2Cl5S/c3-1(4,5)2(6,7)8. The molecule has 0 amide bonds. The van der Waals surface area contributed by atoms with Crippen LogP contribution in [0.5, 0.6) is 0 Å². The smallest absolute Gasteiger partial charge is 0.0836 e. The van der Waals surface area contributed by atoms with Gasteiger partial charge in [-0.05, 0) is 12.6 Å². The Bertz CT molecular complexity index is 65.4. The summed E-state index contributed by atoms with van der Waals surface area (Å²) in [6.07, 6.45) is 0. The van der Waals surface area contributed by atoms with Gasteiger partial charge >= 0.3 is 0 Å². The highest BCUT2D eigenvalue weighted by Crippen LogP contribution is 2.48. The van der Waals surface area contributed by atoms with Gasteiger partial charge in [0.15, 0.2) is 0 Å². The Balaban J connectivity index is 4.02. The van der Waals surface area contributed by atoms with E-state index in [0.717, 1.165) is 0 Å². The molecule has 0 nitrogen and oxygen atoms in total. The number of hydrogen-bond donors (Lipinski definition) is 0. The van der Waals surface area contributed by atoms with Gasteiger partial charge in [-0.25, -0.2) is 0 Å².